The molecule has 1 heterocycles. The highest BCUT2D eigenvalue weighted by atomic mass is 35.5. The van der Waals surface area contributed by atoms with Gasteiger partial charge in [0.25, 0.3) is 0 Å². The molecular weight excluding hydrogens is 216 g/mol. The van der Waals surface area contributed by atoms with Crippen LogP contribution in [0.4, 0.5) is 0 Å². The van der Waals surface area contributed by atoms with Crippen molar-refractivity contribution in [3.63, 3.8) is 0 Å². The van der Waals surface area contributed by atoms with Crippen molar-refractivity contribution in [2.45, 2.75) is 25.8 Å². The van der Waals surface area contributed by atoms with Crippen molar-refractivity contribution in [1.29, 1.82) is 0 Å². The van der Waals surface area contributed by atoms with Crippen molar-refractivity contribution in [1.82, 2.24) is 9.97 Å². The average molecular weight is 231 g/mol. The van der Waals surface area contributed by atoms with Gasteiger partial charge in [0.05, 0.1) is 12.5 Å². The van der Waals surface area contributed by atoms with Crippen molar-refractivity contribution in [2.24, 2.45) is 0 Å². The molecular formula is C10H15ClN2O2. The zero-order chi connectivity index (χ0) is 11.3. The number of aryl methyl sites for hydroxylation is 1. The summed E-state index contributed by atoms with van der Waals surface area (Å²) >= 11 is 5.70. The molecule has 84 valence electrons. The predicted octanol–water partition coefficient (Wildman–Crippen LogP) is 1.94. The third kappa shape index (κ3) is 3.64. The van der Waals surface area contributed by atoms with Crippen molar-refractivity contribution < 1.29 is 9.47 Å². The number of hydrogen-bond donors (Lipinski definition) is 0. The maximum Gasteiger partial charge on any atom is 0.316 e. The Morgan fingerprint density at radius 3 is 2.80 bits per heavy atom. The van der Waals surface area contributed by atoms with E-state index in [2.05, 4.69) is 9.97 Å². The van der Waals surface area contributed by atoms with E-state index in [0.29, 0.717) is 18.5 Å². The van der Waals surface area contributed by atoms with Gasteiger partial charge in [-0.05, 0) is 13.8 Å². The molecule has 1 aromatic heterocycles. The van der Waals surface area contributed by atoms with E-state index in [1.54, 1.807) is 13.3 Å². The van der Waals surface area contributed by atoms with Crippen molar-refractivity contribution in [2.75, 3.05) is 13.7 Å². The van der Waals surface area contributed by atoms with Gasteiger partial charge >= 0.3 is 6.01 Å². The lowest BCUT2D eigenvalue weighted by Crippen LogP contribution is -2.19. The van der Waals surface area contributed by atoms with E-state index in [1.807, 2.05) is 13.8 Å². The number of alkyl halides is 1. The van der Waals surface area contributed by atoms with Crippen LogP contribution in [0.1, 0.15) is 18.2 Å². The molecule has 0 spiro atoms. The summed E-state index contributed by atoms with van der Waals surface area (Å²) in [6.07, 6.45) is 1.63. The number of nitrogens with zero attached hydrogens (tertiary/aromatic N) is 2. The third-order valence-corrected chi connectivity index (χ3v) is 2.20. The molecule has 4 nitrogen and oxygen atoms in total. The van der Waals surface area contributed by atoms with Crippen molar-refractivity contribution in [3.8, 4) is 6.01 Å². The summed E-state index contributed by atoms with van der Waals surface area (Å²) in [5.74, 6) is 0.416. The van der Waals surface area contributed by atoms with Crippen LogP contribution in [0.15, 0.2) is 6.20 Å². The van der Waals surface area contributed by atoms with Gasteiger partial charge in [-0.25, -0.2) is 9.97 Å². The number of rotatable bonds is 5. The quantitative estimate of drug-likeness (QED) is 0.726. The van der Waals surface area contributed by atoms with Crippen LogP contribution in [0.2, 0.25) is 0 Å². The van der Waals surface area contributed by atoms with E-state index in [0.717, 1.165) is 11.3 Å². The van der Waals surface area contributed by atoms with Crippen LogP contribution in [-0.2, 0) is 10.6 Å². The Bertz CT molecular complexity index is 320. The van der Waals surface area contributed by atoms with E-state index in [4.69, 9.17) is 21.1 Å². The highest BCUT2D eigenvalue weighted by molar-refractivity contribution is 6.17. The Morgan fingerprint density at radius 2 is 2.27 bits per heavy atom. The first kappa shape index (κ1) is 12.2. The molecule has 0 saturated heterocycles. The summed E-state index contributed by atoms with van der Waals surface area (Å²) in [6.45, 7) is 4.30. The Morgan fingerprint density at radius 1 is 1.53 bits per heavy atom. The Kier molecular flexibility index (Phi) is 4.78. The largest absolute Gasteiger partial charge is 0.458 e. The standard InChI is InChI=1S/C10H15ClN2O2/c1-7(6-14-3)15-10-12-5-9(4-11)8(2)13-10/h5,7H,4,6H2,1-3H3. The second-order valence-electron chi connectivity index (χ2n) is 3.28. The molecule has 1 aromatic rings. The highest BCUT2D eigenvalue weighted by Gasteiger charge is 2.07. The van der Waals surface area contributed by atoms with Crippen LogP contribution >= 0.6 is 11.6 Å². The molecule has 1 unspecified atom stereocenters. The predicted molar refractivity (Wildman–Crippen MR) is 58.3 cm³/mol. The fourth-order valence-electron chi connectivity index (χ4n) is 1.11. The van der Waals surface area contributed by atoms with Gasteiger partial charge in [0.1, 0.15) is 6.10 Å². The van der Waals surface area contributed by atoms with Gasteiger partial charge in [-0.1, -0.05) is 0 Å². The van der Waals surface area contributed by atoms with Gasteiger partial charge in [-0.15, -0.1) is 11.6 Å². The van der Waals surface area contributed by atoms with Gasteiger partial charge in [-0.2, -0.15) is 0 Å². The lowest BCUT2D eigenvalue weighted by molar-refractivity contribution is 0.0853. The molecule has 0 aliphatic rings. The zero-order valence-corrected chi connectivity index (χ0v) is 9.91. The van der Waals surface area contributed by atoms with Crippen LogP contribution in [0.5, 0.6) is 6.01 Å². The number of aromatic nitrogens is 2. The molecule has 0 aliphatic heterocycles. The maximum absolute atomic E-state index is 5.70. The Balaban J connectivity index is 2.66. The second kappa shape index (κ2) is 5.88. The summed E-state index contributed by atoms with van der Waals surface area (Å²) < 4.78 is 10.4. The number of hydrogen-bond acceptors (Lipinski definition) is 4. The van der Waals surface area contributed by atoms with E-state index in [1.165, 1.54) is 0 Å². The van der Waals surface area contributed by atoms with Crippen LogP contribution in [0.3, 0.4) is 0 Å². The molecule has 0 radical (unpaired) electrons. The molecule has 0 aliphatic carbocycles. The lowest BCUT2D eigenvalue weighted by Gasteiger charge is -2.12. The molecule has 0 N–H and O–H groups in total. The van der Waals surface area contributed by atoms with Gasteiger partial charge < -0.3 is 9.47 Å². The van der Waals surface area contributed by atoms with Crippen LogP contribution in [0, 0.1) is 6.92 Å². The molecule has 0 aromatic carbocycles. The van der Waals surface area contributed by atoms with E-state index in [9.17, 15) is 0 Å². The first-order chi connectivity index (χ1) is 7.17. The molecule has 15 heavy (non-hydrogen) atoms. The normalized spacial score (nSPS) is 12.5. The Labute approximate surface area is 94.6 Å². The monoisotopic (exact) mass is 230 g/mol. The molecule has 0 amide bonds. The van der Waals surface area contributed by atoms with Gasteiger partial charge in [0.2, 0.25) is 0 Å². The average Bonchev–Trinajstić information content (AvgIpc) is 2.18. The number of halogens is 1. The SMILES string of the molecule is COCC(C)Oc1ncc(CCl)c(C)n1. The second-order valence-corrected chi connectivity index (χ2v) is 3.55. The molecule has 0 fully saturated rings. The van der Waals surface area contributed by atoms with Gasteiger partial charge in [0.15, 0.2) is 0 Å². The van der Waals surface area contributed by atoms with E-state index < -0.39 is 0 Å². The summed E-state index contributed by atoms with van der Waals surface area (Å²) in [4.78, 5) is 8.25. The minimum absolute atomic E-state index is 0.0590. The van der Waals surface area contributed by atoms with Crippen LogP contribution in [-0.4, -0.2) is 29.8 Å². The lowest BCUT2D eigenvalue weighted by atomic mass is 10.3. The van der Waals surface area contributed by atoms with E-state index in [-0.39, 0.29) is 6.10 Å². The third-order valence-electron chi connectivity index (χ3n) is 1.91. The fourth-order valence-corrected chi connectivity index (χ4v) is 1.37. The van der Waals surface area contributed by atoms with Crippen LogP contribution in [0.25, 0.3) is 0 Å². The fraction of sp³-hybridized carbons (Fsp3) is 0.600. The zero-order valence-electron chi connectivity index (χ0n) is 9.16. The van der Waals surface area contributed by atoms with Crippen molar-refractivity contribution in [3.05, 3.63) is 17.5 Å². The first-order valence-corrected chi connectivity index (χ1v) is 5.25. The summed E-state index contributed by atoms with van der Waals surface area (Å²) in [5, 5.41) is 0. The molecule has 0 saturated carbocycles. The van der Waals surface area contributed by atoms with Gasteiger partial charge in [0, 0.05) is 24.6 Å². The van der Waals surface area contributed by atoms with Crippen molar-refractivity contribution >= 4 is 11.6 Å². The molecule has 1 atom stereocenters. The number of ether oxygens (including phenoxy) is 2. The van der Waals surface area contributed by atoms with Crippen LogP contribution < -0.4 is 4.74 Å². The first-order valence-electron chi connectivity index (χ1n) is 4.71. The topological polar surface area (TPSA) is 44.2 Å². The number of methoxy groups -OCH3 is 1. The summed E-state index contributed by atoms with van der Waals surface area (Å²) in [6, 6.07) is 0.367. The van der Waals surface area contributed by atoms with E-state index >= 15 is 0 Å². The highest BCUT2D eigenvalue weighted by Crippen LogP contribution is 2.11. The van der Waals surface area contributed by atoms with Gasteiger partial charge in [-0.3, -0.25) is 0 Å². The summed E-state index contributed by atoms with van der Waals surface area (Å²) in [5.41, 5.74) is 1.77. The smallest absolute Gasteiger partial charge is 0.316 e. The Hall–Kier alpha value is -0.870. The molecule has 1 rings (SSSR count). The molecule has 5 heteroatoms. The summed E-state index contributed by atoms with van der Waals surface area (Å²) in [7, 11) is 1.63. The minimum Gasteiger partial charge on any atom is -0.458 e. The maximum atomic E-state index is 5.70. The molecule has 0 bridgehead atoms. The minimum atomic E-state index is -0.0590.